The van der Waals surface area contributed by atoms with Crippen molar-refractivity contribution in [2.24, 2.45) is 0 Å². The number of hydrogen-bond donors (Lipinski definition) is 1. The first-order chi connectivity index (χ1) is 10.0. The molecule has 1 fully saturated rings. The van der Waals surface area contributed by atoms with E-state index < -0.39 is 0 Å². The molecule has 21 heavy (non-hydrogen) atoms. The second-order valence-corrected chi connectivity index (χ2v) is 6.33. The van der Waals surface area contributed by atoms with E-state index in [4.69, 9.17) is 5.11 Å². The summed E-state index contributed by atoms with van der Waals surface area (Å²) in [5, 5.41) is 8.99. The fraction of sp³-hybridized carbons (Fsp3) is 0.611. The zero-order valence-electron chi connectivity index (χ0n) is 13.5. The van der Waals surface area contributed by atoms with Crippen LogP contribution in [0.15, 0.2) is 12.1 Å². The number of hydrogen-bond acceptors (Lipinski definition) is 3. The van der Waals surface area contributed by atoms with Crippen LogP contribution in [0.2, 0.25) is 0 Å². The highest BCUT2D eigenvalue weighted by molar-refractivity contribution is 6.00. The van der Waals surface area contributed by atoms with Crippen LogP contribution in [0.25, 0.3) is 0 Å². The normalized spacial score (nSPS) is 19.1. The van der Waals surface area contributed by atoms with E-state index in [1.165, 1.54) is 5.56 Å². The van der Waals surface area contributed by atoms with Crippen LogP contribution >= 0.6 is 0 Å². The molecule has 0 saturated carbocycles. The standard InChI is InChI=1S/C18H27NO2/c1-13-10-14(2)18(15(3)11-13)17(21)12-19-8-4-6-16(19)7-5-9-20/h10-11,16,20H,4-9,12H2,1-3H3. The van der Waals surface area contributed by atoms with E-state index in [2.05, 4.69) is 24.0 Å². The van der Waals surface area contributed by atoms with Gasteiger partial charge in [-0.1, -0.05) is 17.7 Å². The van der Waals surface area contributed by atoms with Gasteiger partial charge in [-0.3, -0.25) is 9.69 Å². The number of carbonyl (C=O) groups excluding carboxylic acids is 1. The quantitative estimate of drug-likeness (QED) is 0.818. The maximum atomic E-state index is 12.7. The molecule has 1 saturated heterocycles. The average molecular weight is 289 g/mol. The van der Waals surface area contributed by atoms with Crippen molar-refractivity contribution in [2.45, 2.75) is 52.5 Å². The molecule has 116 valence electrons. The summed E-state index contributed by atoms with van der Waals surface area (Å²) in [5.74, 6) is 0.237. The van der Waals surface area contributed by atoms with Crippen LogP contribution in [-0.2, 0) is 0 Å². The molecule has 1 aliphatic rings. The van der Waals surface area contributed by atoms with Crippen molar-refractivity contribution < 1.29 is 9.90 Å². The molecule has 1 aliphatic heterocycles. The van der Waals surface area contributed by atoms with Gasteiger partial charge in [-0.25, -0.2) is 0 Å². The first-order valence-electron chi connectivity index (χ1n) is 7.99. The van der Waals surface area contributed by atoms with Gasteiger partial charge in [0.15, 0.2) is 5.78 Å². The van der Waals surface area contributed by atoms with Gasteiger partial charge in [-0.2, -0.15) is 0 Å². The summed E-state index contributed by atoms with van der Waals surface area (Å²) in [7, 11) is 0. The van der Waals surface area contributed by atoms with Gasteiger partial charge in [-0.05, 0) is 64.1 Å². The number of ketones is 1. The number of aliphatic hydroxyl groups excluding tert-OH is 1. The van der Waals surface area contributed by atoms with Crippen molar-refractivity contribution >= 4 is 5.78 Å². The molecule has 0 aliphatic carbocycles. The second kappa shape index (κ2) is 7.19. The Morgan fingerprint density at radius 1 is 1.29 bits per heavy atom. The van der Waals surface area contributed by atoms with Gasteiger partial charge in [0.05, 0.1) is 6.54 Å². The van der Waals surface area contributed by atoms with Crippen molar-refractivity contribution in [2.75, 3.05) is 19.7 Å². The number of likely N-dealkylation sites (tertiary alicyclic amines) is 1. The van der Waals surface area contributed by atoms with Crippen LogP contribution in [0.3, 0.4) is 0 Å². The molecule has 3 nitrogen and oxygen atoms in total. The van der Waals surface area contributed by atoms with Crippen molar-refractivity contribution in [3.8, 4) is 0 Å². The van der Waals surface area contributed by atoms with E-state index in [9.17, 15) is 4.79 Å². The Morgan fingerprint density at radius 2 is 1.95 bits per heavy atom. The Hall–Kier alpha value is -1.19. The van der Waals surface area contributed by atoms with Gasteiger partial charge < -0.3 is 5.11 Å². The Bertz CT molecular complexity index is 487. The molecule has 0 aromatic heterocycles. The monoisotopic (exact) mass is 289 g/mol. The second-order valence-electron chi connectivity index (χ2n) is 6.33. The number of aliphatic hydroxyl groups is 1. The van der Waals surface area contributed by atoms with Crippen LogP contribution in [0.4, 0.5) is 0 Å². The highest BCUT2D eigenvalue weighted by Crippen LogP contribution is 2.23. The lowest BCUT2D eigenvalue weighted by Gasteiger charge is -2.24. The summed E-state index contributed by atoms with van der Waals surface area (Å²) in [4.78, 5) is 15.0. The lowest BCUT2D eigenvalue weighted by Crippen LogP contribution is -2.35. The van der Waals surface area contributed by atoms with Crippen molar-refractivity contribution in [1.82, 2.24) is 4.90 Å². The summed E-state index contributed by atoms with van der Waals surface area (Å²) in [6.45, 7) is 7.89. The van der Waals surface area contributed by atoms with E-state index >= 15 is 0 Å². The number of benzene rings is 1. The van der Waals surface area contributed by atoms with E-state index in [0.717, 1.165) is 48.9 Å². The van der Waals surface area contributed by atoms with Crippen LogP contribution < -0.4 is 0 Å². The third-order valence-corrected chi connectivity index (χ3v) is 4.50. The number of rotatable bonds is 6. The first-order valence-corrected chi connectivity index (χ1v) is 7.99. The van der Waals surface area contributed by atoms with E-state index in [-0.39, 0.29) is 12.4 Å². The number of Topliss-reactive ketones (excluding diaryl/α,β-unsaturated/α-hetero) is 1. The molecule has 2 rings (SSSR count). The molecule has 1 atom stereocenters. The molecule has 1 N–H and O–H groups in total. The van der Waals surface area contributed by atoms with Crippen molar-refractivity contribution in [3.63, 3.8) is 0 Å². The van der Waals surface area contributed by atoms with Crippen molar-refractivity contribution in [1.29, 1.82) is 0 Å². The fourth-order valence-corrected chi connectivity index (χ4v) is 3.64. The van der Waals surface area contributed by atoms with E-state index in [1.807, 2.05) is 13.8 Å². The van der Waals surface area contributed by atoms with Crippen LogP contribution in [0.1, 0.15) is 52.7 Å². The smallest absolute Gasteiger partial charge is 0.177 e. The Morgan fingerprint density at radius 3 is 2.57 bits per heavy atom. The third-order valence-electron chi connectivity index (χ3n) is 4.50. The molecular weight excluding hydrogens is 262 g/mol. The van der Waals surface area contributed by atoms with Gasteiger partial charge in [-0.15, -0.1) is 0 Å². The minimum absolute atomic E-state index is 0.237. The largest absolute Gasteiger partial charge is 0.396 e. The van der Waals surface area contributed by atoms with Crippen LogP contribution in [-0.4, -0.2) is 41.5 Å². The Kier molecular flexibility index (Phi) is 5.54. The van der Waals surface area contributed by atoms with Gasteiger partial charge in [0, 0.05) is 18.2 Å². The van der Waals surface area contributed by atoms with Gasteiger partial charge in [0.1, 0.15) is 0 Å². The molecular formula is C18H27NO2. The predicted octanol–water partition coefficient (Wildman–Crippen LogP) is 3.03. The lowest BCUT2D eigenvalue weighted by molar-refractivity contribution is 0.0914. The Labute approximate surface area is 128 Å². The molecule has 1 unspecified atom stereocenters. The molecule has 0 amide bonds. The molecule has 1 aromatic carbocycles. The fourth-order valence-electron chi connectivity index (χ4n) is 3.64. The zero-order chi connectivity index (χ0) is 15.4. The van der Waals surface area contributed by atoms with E-state index in [0.29, 0.717) is 12.6 Å². The SMILES string of the molecule is Cc1cc(C)c(C(=O)CN2CCCC2CCCO)c(C)c1. The molecule has 0 bridgehead atoms. The van der Waals surface area contributed by atoms with Gasteiger partial charge >= 0.3 is 0 Å². The molecule has 1 heterocycles. The number of carbonyl (C=O) groups is 1. The highest BCUT2D eigenvalue weighted by Gasteiger charge is 2.26. The van der Waals surface area contributed by atoms with Gasteiger partial charge in [0.2, 0.25) is 0 Å². The first kappa shape index (κ1) is 16.2. The predicted molar refractivity (Wildman–Crippen MR) is 85.9 cm³/mol. The zero-order valence-corrected chi connectivity index (χ0v) is 13.5. The van der Waals surface area contributed by atoms with Crippen LogP contribution in [0, 0.1) is 20.8 Å². The summed E-state index contributed by atoms with van der Waals surface area (Å²) in [6.07, 6.45) is 4.14. The molecule has 0 spiro atoms. The summed E-state index contributed by atoms with van der Waals surface area (Å²) >= 11 is 0. The van der Waals surface area contributed by atoms with Crippen molar-refractivity contribution in [3.05, 3.63) is 34.4 Å². The van der Waals surface area contributed by atoms with Gasteiger partial charge in [0.25, 0.3) is 0 Å². The molecule has 3 heteroatoms. The minimum Gasteiger partial charge on any atom is -0.396 e. The van der Waals surface area contributed by atoms with Crippen LogP contribution in [0.5, 0.6) is 0 Å². The molecule has 1 aromatic rings. The lowest BCUT2D eigenvalue weighted by atomic mass is 9.96. The highest BCUT2D eigenvalue weighted by atomic mass is 16.2. The maximum Gasteiger partial charge on any atom is 0.177 e. The topological polar surface area (TPSA) is 40.5 Å². The Balaban J connectivity index is 2.07. The number of aryl methyl sites for hydroxylation is 3. The maximum absolute atomic E-state index is 12.7. The average Bonchev–Trinajstić information content (AvgIpc) is 2.82. The summed E-state index contributed by atoms with van der Waals surface area (Å²) in [5.41, 5.74) is 4.28. The number of nitrogens with zero attached hydrogens (tertiary/aromatic N) is 1. The minimum atomic E-state index is 0.237. The summed E-state index contributed by atoms with van der Waals surface area (Å²) < 4.78 is 0. The third kappa shape index (κ3) is 3.92. The van der Waals surface area contributed by atoms with E-state index in [1.54, 1.807) is 0 Å². The molecule has 0 radical (unpaired) electrons. The summed E-state index contributed by atoms with van der Waals surface area (Å²) in [6, 6.07) is 4.65.